The van der Waals surface area contributed by atoms with Gasteiger partial charge in [-0.1, -0.05) is 11.1 Å². The van der Waals surface area contributed by atoms with Crippen molar-refractivity contribution in [2.24, 2.45) is 0 Å². The van der Waals surface area contributed by atoms with Crippen LogP contribution in [-0.2, 0) is 21.7 Å². The van der Waals surface area contributed by atoms with Crippen molar-refractivity contribution in [3.05, 3.63) is 22.3 Å². The van der Waals surface area contributed by atoms with Crippen molar-refractivity contribution in [1.29, 1.82) is 0 Å². The van der Waals surface area contributed by atoms with E-state index in [2.05, 4.69) is 27.7 Å². The Morgan fingerprint density at radius 2 is 1.10 bits per heavy atom. The van der Waals surface area contributed by atoms with E-state index in [1.807, 2.05) is 0 Å². The van der Waals surface area contributed by atoms with Crippen molar-refractivity contribution >= 4 is 0 Å². The Balaban J connectivity index is 0.000000810. The molecule has 54 valence electrons. The van der Waals surface area contributed by atoms with E-state index in [-0.39, 0.29) is 21.7 Å². The van der Waals surface area contributed by atoms with Gasteiger partial charge in [-0.05, 0) is 45.3 Å². The van der Waals surface area contributed by atoms with Crippen LogP contribution in [0.1, 0.15) is 34.1 Å². The van der Waals surface area contributed by atoms with Crippen LogP contribution in [0.4, 0.5) is 0 Å². The molecular formula is C9H14Ti. The summed E-state index contributed by atoms with van der Waals surface area (Å²) in [6.07, 6.45) is 1.21. The predicted octanol–water partition coefficient (Wildman–Crippen LogP) is 3.06. The maximum Gasteiger partial charge on any atom is 0 e. The summed E-state index contributed by atoms with van der Waals surface area (Å²) in [4.78, 5) is 0. The molecule has 0 aliphatic heterocycles. The van der Waals surface area contributed by atoms with Crippen LogP contribution in [0.25, 0.3) is 0 Å². The minimum absolute atomic E-state index is 0. The number of rotatable bonds is 0. The van der Waals surface area contributed by atoms with E-state index in [1.165, 1.54) is 17.6 Å². The van der Waals surface area contributed by atoms with Gasteiger partial charge < -0.3 is 0 Å². The molecule has 0 N–H and O–H groups in total. The third-order valence-electron chi connectivity index (χ3n) is 2.37. The Labute approximate surface area is 78.3 Å². The maximum absolute atomic E-state index is 2.22. The summed E-state index contributed by atoms with van der Waals surface area (Å²) < 4.78 is 0. The number of allylic oxidation sites excluding steroid dienone is 4. The maximum atomic E-state index is 2.22. The minimum Gasteiger partial charge on any atom is -0.0661 e. The zero-order valence-electron chi connectivity index (χ0n) is 7.21. The second kappa shape index (κ2) is 3.55. The van der Waals surface area contributed by atoms with Crippen molar-refractivity contribution in [2.75, 3.05) is 0 Å². The molecule has 1 aliphatic carbocycles. The Bertz CT molecular complexity index is 175. The van der Waals surface area contributed by atoms with E-state index >= 15 is 0 Å². The summed E-state index contributed by atoms with van der Waals surface area (Å²) in [6, 6.07) is 0. The van der Waals surface area contributed by atoms with Gasteiger partial charge in [0.15, 0.2) is 0 Å². The molecule has 0 saturated carbocycles. The van der Waals surface area contributed by atoms with Crippen molar-refractivity contribution in [3.8, 4) is 0 Å². The first-order chi connectivity index (χ1) is 4.13. The molecular weight excluding hydrogens is 156 g/mol. The van der Waals surface area contributed by atoms with Gasteiger partial charge in [-0.3, -0.25) is 0 Å². The molecule has 1 rings (SSSR count). The molecule has 0 nitrogen and oxygen atoms in total. The van der Waals surface area contributed by atoms with E-state index in [1.54, 1.807) is 11.1 Å². The van der Waals surface area contributed by atoms with Crippen LogP contribution in [0.15, 0.2) is 22.3 Å². The normalized spacial score (nSPS) is 18.0. The van der Waals surface area contributed by atoms with Crippen LogP contribution in [0.2, 0.25) is 0 Å². The zero-order valence-corrected chi connectivity index (χ0v) is 8.77. The summed E-state index contributed by atoms with van der Waals surface area (Å²) in [6.45, 7) is 8.85. The first-order valence-electron chi connectivity index (χ1n) is 3.46. The molecule has 0 spiro atoms. The van der Waals surface area contributed by atoms with Gasteiger partial charge >= 0.3 is 0 Å². The van der Waals surface area contributed by atoms with Crippen LogP contribution < -0.4 is 0 Å². The average molecular weight is 170 g/mol. The standard InChI is InChI=1S/C9H14.Ti/c1-6-5-7(2)9(4)8(6)3;/h5H2,1-4H3;. The van der Waals surface area contributed by atoms with Crippen molar-refractivity contribution in [3.63, 3.8) is 0 Å². The number of hydrogen-bond donors (Lipinski definition) is 0. The molecule has 0 aromatic heterocycles. The van der Waals surface area contributed by atoms with Gasteiger partial charge in [-0.25, -0.2) is 0 Å². The zero-order chi connectivity index (χ0) is 7.02. The molecule has 0 heterocycles. The third-order valence-corrected chi connectivity index (χ3v) is 2.37. The largest absolute Gasteiger partial charge is 0.0661 e. The quantitative estimate of drug-likeness (QED) is 0.490. The molecule has 1 aliphatic rings. The molecule has 0 atom stereocenters. The topological polar surface area (TPSA) is 0 Å². The van der Waals surface area contributed by atoms with Crippen LogP contribution >= 0.6 is 0 Å². The average Bonchev–Trinajstić information content (AvgIpc) is 1.98. The van der Waals surface area contributed by atoms with Gasteiger partial charge in [0.1, 0.15) is 0 Å². The molecule has 0 aromatic carbocycles. The van der Waals surface area contributed by atoms with E-state index in [0.717, 1.165) is 0 Å². The van der Waals surface area contributed by atoms with Gasteiger partial charge in [0.05, 0.1) is 0 Å². The fourth-order valence-corrected chi connectivity index (χ4v) is 1.30. The van der Waals surface area contributed by atoms with Crippen LogP contribution in [0, 0.1) is 0 Å². The van der Waals surface area contributed by atoms with Crippen molar-refractivity contribution in [2.45, 2.75) is 34.1 Å². The van der Waals surface area contributed by atoms with Gasteiger partial charge in [-0.15, -0.1) is 0 Å². The Morgan fingerprint density at radius 1 is 0.800 bits per heavy atom. The van der Waals surface area contributed by atoms with E-state index < -0.39 is 0 Å². The van der Waals surface area contributed by atoms with Gasteiger partial charge in [-0.2, -0.15) is 0 Å². The molecule has 10 heavy (non-hydrogen) atoms. The molecule has 0 fully saturated rings. The molecule has 0 amide bonds. The van der Waals surface area contributed by atoms with Crippen molar-refractivity contribution < 1.29 is 21.7 Å². The van der Waals surface area contributed by atoms with Gasteiger partial charge in [0, 0.05) is 21.7 Å². The van der Waals surface area contributed by atoms with Crippen LogP contribution in [-0.4, -0.2) is 0 Å². The minimum atomic E-state index is 0. The number of hydrogen-bond acceptors (Lipinski definition) is 0. The van der Waals surface area contributed by atoms with Crippen LogP contribution in [0.5, 0.6) is 0 Å². The van der Waals surface area contributed by atoms with Gasteiger partial charge in [0.2, 0.25) is 0 Å². The SMILES string of the molecule is CC1=C(C)C(C)=C(C)C1.[Ti]. The summed E-state index contributed by atoms with van der Waals surface area (Å²) >= 11 is 0. The molecule has 0 unspecified atom stereocenters. The van der Waals surface area contributed by atoms with E-state index in [4.69, 9.17) is 0 Å². The molecule has 0 aromatic rings. The van der Waals surface area contributed by atoms with Crippen molar-refractivity contribution in [1.82, 2.24) is 0 Å². The fourth-order valence-electron chi connectivity index (χ4n) is 1.30. The first-order valence-corrected chi connectivity index (χ1v) is 3.46. The Morgan fingerprint density at radius 3 is 1.20 bits per heavy atom. The summed E-state index contributed by atoms with van der Waals surface area (Å²) in [7, 11) is 0. The smallest absolute Gasteiger partial charge is 0 e. The van der Waals surface area contributed by atoms with Gasteiger partial charge in [0.25, 0.3) is 0 Å². The fraction of sp³-hybridized carbons (Fsp3) is 0.556. The second-order valence-electron chi connectivity index (χ2n) is 2.99. The predicted molar refractivity (Wildman–Crippen MR) is 41.4 cm³/mol. The monoisotopic (exact) mass is 170 g/mol. The molecule has 0 radical (unpaired) electrons. The molecule has 0 bridgehead atoms. The summed E-state index contributed by atoms with van der Waals surface area (Å²) in [5.41, 5.74) is 6.11. The molecule has 1 heteroatoms. The Hall–Kier alpha value is 0.194. The summed E-state index contributed by atoms with van der Waals surface area (Å²) in [5, 5.41) is 0. The second-order valence-corrected chi connectivity index (χ2v) is 2.99. The summed E-state index contributed by atoms with van der Waals surface area (Å²) in [5.74, 6) is 0. The first kappa shape index (κ1) is 10.2. The third kappa shape index (κ3) is 1.62. The van der Waals surface area contributed by atoms with Crippen LogP contribution in [0.3, 0.4) is 0 Å². The Kier molecular flexibility index (Phi) is 3.62. The van der Waals surface area contributed by atoms with E-state index in [0.29, 0.717) is 0 Å². The van der Waals surface area contributed by atoms with E-state index in [9.17, 15) is 0 Å². The molecule has 0 saturated heterocycles.